The van der Waals surface area contributed by atoms with Crippen LogP contribution in [0.3, 0.4) is 0 Å². The van der Waals surface area contributed by atoms with Gasteiger partial charge >= 0.3 is 0 Å². The summed E-state index contributed by atoms with van der Waals surface area (Å²) in [5, 5.41) is 5.22. The highest BCUT2D eigenvalue weighted by atomic mass is 35.5. The molecule has 0 saturated heterocycles. The Hall–Kier alpha value is -1.37. The quantitative estimate of drug-likeness (QED) is 0.750. The third-order valence-corrected chi connectivity index (χ3v) is 2.94. The van der Waals surface area contributed by atoms with Gasteiger partial charge in [0.25, 0.3) is 0 Å². The third kappa shape index (κ3) is 7.06. The van der Waals surface area contributed by atoms with Gasteiger partial charge in [-0.15, -0.1) is 24.8 Å². The summed E-state index contributed by atoms with van der Waals surface area (Å²) in [6, 6.07) is 3.00. The van der Waals surface area contributed by atoms with E-state index in [1.165, 1.54) is 0 Å². The number of nitrogens with one attached hydrogen (secondary N) is 2. The molecule has 0 radical (unpaired) electrons. The number of nitrogens with two attached hydrogens (primary N) is 1. The van der Waals surface area contributed by atoms with Gasteiger partial charge in [0.2, 0.25) is 11.8 Å². The first-order valence-corrected chi connectivity index (χ1v) is 6.58. The smallest absolute Gasteiger partial charge is 0.243 e. The number of aromatic nitrogens is 1. The predicted molar refractivity (Wildman–Crippen MR) is 92.7 cm³/mol. The molecule has 1 atom stereocenters. The number of hydrogen-bond acceptors (Lipinski definition) is 4. The summed E-state index contributed by atoms with van der Waals surface area (Å²) in [4.78, 5) is 27.6. The Morgan fingerprint density at radius 3 is 2.32 bits per heavy atom. The number of amides is 2. The molecule has 0 unspecified atom stereocenters. The minimum Gasteiger partial charge on any atom is -0.346 e. The van der Waals surface area contributed by atoms with E-state index in [9.17, 15) is 9.59 Å². The van der Waals surface area contributed by atoms with Gasteiger partial charge in [0, 0.05) is 5.69 Å². The van der Waals surface area contributed by atoms with Gasteiger partial charge in [-0.1, -0.05) is 13.8 Å². The Balaban J connectivity index is 0. The SMILES string of the molecule is Cc1ccc(NC(=O)CNC(=O)[C@@H](N)C(C)C)c(C)n1.Cl.Cl. The summed E-state index contributed by atoms with van der Waals surface area (Å²) in [5.74, 6) is -0.599. The Morgan fingerprint density at radius 2 is 1.82 bits per heavy atom. The molecule has 0 fully saturated rings. The van der Waals surface area contributed by atoms with Crippen molar-refractivity contribution in [3.63, 3.8) is 0 Å². The van der Waals surface area contributed by atoms with Gasteiger partial charge < -0.3 is 16.4 Å². The fourth-order valence-electron chi connectivity index (χ4n) is 1.60. The number of rotatable bonds is 5. The van der Waals surface area contributed by atoms with Gasteiger partial charge in [-0.3, -0.25) is 14.6 Å². The van der Waals surface area contributed by atoms with E-state index in [1.54, 1.807) is 6.07 Å². The first-order chi connectivity index (χ1) is 9.31. The molecule has 0 aliphatic rings. The molecule has 1 rings (SSSR count). The first-order valence-electron chi connectivity index (χ1n) is 6.58. The number of aryl methyl sites for hydroxylation is 2. The molecular weight excluding hydrogens is 327 g/mol. The lowest BCUT2D eigenvalue weighted by molar-refractivity contribution is -0.125. The van der Waals surface area contributed by atoms with Gasteiger partial charge in [0.15, 0.2) is 0 Å². The molecule has 1 heterocycles. The van der Waals surface area contributed by atoms with E-state index in [2.05, 4.69) is 15.6 Å². The molecule has 126 valence electrons. The second-order valence-electron chi connectivity index (χ2n) is 5.12. The molecule has 2 amide bonds. The van der Waals surface area contributed by atoms with Gasteiger partial charge in [-0.2, -0.15) is 0 Å². The monoisotopic (exact) mass is 350 g/mol. The summed E-state index contributed by atoms with van der Waals surface area (Å²) in [6.45, 7) is 7.30. The first kappa shape index (κ1) is 22.9. The van der Waals surface area contributed by atoms with Crippen LogP contribution in [0.1, 0.15) is 25.2 Å². The number of hydrogen-bond donors (Lipinski definition) is 3. The predicted octanol–water partition coefficient (Wildman–Crippen LogP) is 1.58. The highest BCUT2D eigenvalue weighted by Crippen LogP contribution is 2.12. The maximum Gasteiger partial charge on any atom is 0.243 e. The molecule has 1 aromatic heterocycles. The lowest BCUT2D eigenvalue weighted by Gasteiger charge is -2.15. The molecule has 4 N–H and O–H groups in total. The molecular formula is C14H24Cl2N4O2. The summed E-state index contributed by atoms with van der Waals surface area (Å²) in [6.07, 6.45) is 0. The second kappa shape index (κ2) is 10.4. The van der Waals surface area contributed by atoms with E-state index in [0.717, 1.165) is 11.4 Å². The average Bonchev–Trinajstić information content (AvgIpc) is 2.38. The van der Waals surface area contributed by atoms with Crippen molar-refractivity contribution in [1.82, 2.24) is 10.3 Å². The molecule has 6 nitrogen and oxygen atoms in total. The minimum absolute atomic E-state index is 0. The van der Waals surface area contributed by atoms with Crippen molar-refractivity contribution < 1.29 is 9.59 Å². The van der Waals surface area contributed by atoms with E-state index in [1.807, 2.05) is 33.8 Å². The van der Waals surface area contributed by atoms with Crippen molar-refractivity contribution in [2.24, 2.45) is 11.7 Å². The number of carbonyl (C=O) groups excluding carboxylic acids is 2. The van der Waals surface area contributed by atoms with Gasteiger partial charge in [-0.25, -0.2) is 0 Å². The van der Waals surface area contributed by atoms with Gasteiger partial charge in [0.1, 0.15) is 0 Å². The highest BCUT2D eigenvalue weighted by Gasteiger charge is 2.17. The van der Waals surface area contributed by atoms with Crippen LogP contribution in [-0.2, 0) is 9.59 Å². The van der Waals surface area contributed by atoms with Gasteiger partial charge in [0.05, 0.1) is 24.0 Å². The Morgan fingerprint density at radius 1 is 1.23 bits per heavy atom. The van der Waals surface area contributed by atoms with Crippen LogP contribution in [0.2, 0.25) is 0 Å². The van der Waals surface area contributed by atoms with Crippen LogP contribution in [-0.4, -0.2) is 29.4 Å². The molecule has 0 aliphatic carbocycles. The molecule has 0 bridgehead atoms. The standard InChI is InChI=1S/C14H22N4O2.2ClH/c1-8(2)13(15)14(20)16-7-12(19)18-11-6-5-9(3)17-10(11)4;;/h5-6,8,13H,7,15H2,1-4H3,(H,16,20)(H,18,19);2*1H/t13-;;/m0../s1. The number of pyridine rings is 1. The Kier molecular flexibility index (Phi) is 10.8. The van der Waals surface area contributed by atoms with Crippen molar-refractivity contribution in [3.05, 3.63) is 23.5 Å². The van der Waals surface area contributed by atoms with Crippen LogP contribution in [0.5, 0.6) is 0 Å². The van der Waals surface area contributed by atoms with Crippen molar-refractivity contribution in [2.45, 2.75) is 33.7 Å². The topological polar surface area (TPSA) is 97.1 Å². The zero-order valence-corrected chi connectivity index (χ0v) is 14.8. The molecule has 22 heavy (non-hydrogen) atoms. The van der Waals surface area contributed by atoms with Crippen LogP contribution in [0.15, 0.2) is 12.1 Å². The number of anilines is 1. The normalized spacial score (nSPS) is 11.0. The maximum atomic E-state index is 11.8. The van der Waals surface area contributed by atoms with Crippen LogP contribution in [0.25, 0.3) is 0 Å². The Labute approximate surface area is 143 Å². The summed E-state index contributed by atoms with van der Waals surface area (Å²) < 4.78 is 0. The van der Waals surface area contributed by atoms with Crippen LogP contribution >= 0.6 is 24.8 Å². The number of carbonyl (C=O) groups is 2. The summed E-state index contributed by atoms with van der Waals surface area (Å²) >= 11 is 0. The molecule has 1 aromatic rings. The lowest BCUT2D eigenvalue weighted by Crippen LogP contribution is -2.46. The number of halogens is 2. The minimum atomic E-state index is -0.606. The largest absolute Gasteiger partial charge is 0.346 e. The fraction of sp³-hybridized carbons (Fsp3) is 0.500. The van der Waals surface area contributed by atoms with E-state index >= 15 is 0 Å². The molecule has 0 spiro atoms. The third-order valence-electron chi connectivity index (χ3n) is 2.94. The zero-order valence-electron chi connectivity index (χ0n) is 13.2. The second-order valence-corrected chi connectivity index (χ2v) is 5.12. The maximum absolute atomic E-state index is 11.8. The summed E-state index contributed by atoms with van der Waals surface area (Å²) in [7, 11) is 0. The van der Waals surface area contributed by atoms with E-state index in [4.69, 9.17) is 5.73 Å². The van der Waals surface area contributed by atoms with Crippen molar-refractivity contribution in [1.29, 1.82) is 0 Å². The van der Waals surface area contributed by atoms with Crippen LogP contribution in [0, 0.1) is 19.8 Å². The fourth-order valence-corrected chi connectivity index (χ4v) is 1.60. The highest BCUT2D eigenvalue weighted by molar-refractivity contribution is 5.95. The average molecular weight is 351 g/mol. The molecule has 0 aliphatic heterocycles. The summed E-state index contributed by atoms with van der Waals surface area (Å²) in [5.41, 5.74) is 7.95. The van der Waals surface area contributed by atoms with E-state index < -0.39 is 6.04 Å². The Bertz CT molecular complexity index is 510. The van der Waals surface area contributed by atoms with E-state index in [0.29, 0.717) is 5.69 Å². The molecule has 8 heteroatoms. The van der Waals surface area contributed by atoms with Crippen LogP contribution < -0.4 is 16.4 Å². The van der Waals surface area contributed by atoms with Crippen molar-refractivity contribution >= 4 is 42.3 Å². The number of nitrogens with zero attached hydrogens (tertiary/aromatic N) is 1. The van der Waals surface area contributed by atoms with Crippen molar-refractivity contribution in [3.8, 4) is 0 Å². The van der Waals surface area contributed by atoms with E-state index in [-0.39, 0.29) is 49.1 Å². The molecule has 0 aromatic carbocycles. The van der Waals surface area contributed by atoms with Crippen molar-refractivity contribution in [2.75, 3.05) is 11.9 Å². The lowest BCUT2D eigenvalue weighted by atomic mass is 10.1. The van der Waals surface area contributed by atoms with Gasteiger partial charge in [-0.05, 0) is 31.9 Å². The van der Waals surface area contributed by atoms with Crippen LogP contribution in [0.4, 0.5) is 5.69 Å². The zero-order chi connectivity index (χ0) is 15.3. The molecule has 0 saturated carbocycles.